The molecule has 0 aromatic heterocycles. The number of hydrogen-bond donors (Lipinski definition) is 2. The SMILES string of the molecule is CC1CCC(NC(=NCC2CCS(=O)(=O)C2)NC(C)c2ccccc2)C1.I. The molecule has 3 rings (SSSR count). The van der Waals surface area contributed by atoms with E-state index in [9.17, 15) is 8.42 Å². The maximum Gasteiger partial charge on any atom is 0.191 e. The van der Waals surface area contributed by atoms with Crippen molar-refractivity contribution >= 4 is 39.8 Å². The van der Waals surface area contributed by atoms with Crippen LogP contribution in [0.25, 0.3) is 0 Å². The Morgan fingerprint density at radius 3 is 2.56 bits per heavy atom. The molecular weight excluding hydrogens is 473 g/mol. The van der Waals surface area contributed by atoms with E-state index in [-0.39, 0.29) is 41.7 Å². The Labute approximate surface area is 180 Å². The van der Waals surface area contributed by atoms with Gasteiger partial charge < -0.3 is 10.6 Å². The topological polar surface area (TPSA) is 70.6 Å². The van der Waals surface area contributed by atoms with Gasteiger partial charge in [-0.05, 0) is 50.0 Å². The smallest absolute Gasteiger partial charge is 0.191 e. The Kier molecular flexibility index (Phi) is 8.39. The van der Waals surface area contributed by atoms with E-state index in [1.807, 2.05) is 18.2 Å². The summed E-state index contributed by atoms with van der Waals surface area (Å²) in [4.78, 5) is 4.76. The molecule has 7 heteroatoms. The summed E-state index contributed by atoms with van der Waals surface area (Å²) in [5, 5.41) is 7.09. The molecular formula is C20H32IN3O2S. The Morgan fingerprint density at radius 1 is 1.22 bits per heavy atom. The van der Waals surface area contributed by atoms with Gasteiger partial charge in [-0.1, -0.05) is 37.3 Å². The van der Waals surface area contributed by atoms with Crippen LogP contribution in [0.4, 0.5) is 0 Å². The lowest BCUT2D eigenvalue weighted by Crippen LogP contribution is -2.43. The fourth-order valence-electron chi connectivity index (χ4n) is 3.93. The molecule has 1 saturated carbocycles. The summed E-state index contributed by atoms with van der Waals surface area (Å²) < 4.78 is 23.4. The second kappa shape index (κ2) is 10.1. The molecule has 1 aromatic rings. The third-order valence-electron chi connectivity index (χ3n) is 5.52. The highest BCUT2D eigenvalue weighted by molar-refractivity contribution is 14.0. The minimum atomic E-state index is -2.85. The van der Waals surface area contributed by atoms with Gasteiger partial charge >= 0.3 is 0 Å². The number of benzene rings is 1. The van der Waals surface area contributed by atoms with Crippen LogP contribution >= 0.6 is 24.0 Å². The predicted octanol–water partition coefficient (Wildman–Crippen LogP) is 3.52. The molecule has 0 spiro atoms. The summed E-state index contributed by atoms with van der Waals surface area (Å²) in [6.45, 7) is 4.99. The van der Waals surface area contributed by atoms with Crippen molar-refractivity contribution < 1.29 is 8.42 Å². The van der Waals surface area contributed by atoms with E-state index < -0.39 is 9.84 Å². The van der Waals surface area contributed by atoms with Crippen LogP contribution in [0.15, 0.2) is 35.3 Å². The first-order chi connectivity index (χ1) is 12.4. The first kappa shape index (κ1) is 22.5. The number of hydrogen-bond acceptors (Lipinski definition) is 3. The molecule has 4 atom stereocenters. The van der Waals surface area contributed by atoms with Crippen LogP contribution in [0.2, 0.25) is 0 Å². The van der Waals surface area contributed by atoms with E-state index in [0.717, 1.165) is 24.7 Å². The average molecular weight is 505 g/mol. The molecule has 0 amide bonds. The van der Waals surface area contributed by atoms with Gasteiger partial charge in [0.2, 0.25) is 0 Å². The fourth-order valence-corrected chi connectivity index (χ4v) is 5.78. The van der Waals surface area contributed by atoms with Crippen LogP contribution in [-0.4, -0.2) is 38.5 Å². The molecule has 1 saturated heterocycles. The average Bonchev–Trinajstić information content (AvgIpc) is 3.18. The largest absolute Gasteiger partial charge is 0.354 e. The highest BCUT2D eigenvalue weighted by Gasteiger charge is 2.28. The third-order valence-corrected chi connectivity index (χ3v) is 7.36. The van der Waals surface area contributed by atoms with Crippen molar-refractivity contribution in [2.45, 2.75) is 51.6 Å². The van der Waals surface area contributed by atoms with E-state index in [1.54, 1.807) is 0 Å². The summed E-state index contributed by atoms with van der Waals surface area (Å²) in [5.41, 5.74) is 1.21. The molecule has 2 N–H and O–H groups in total. The first-order valence-electron chi connectivity index (χ1n) is 9.74. The maximum absolute atomic E-state index is 11.7. The second-order valence-electron chi connectivity index (χ2n) is 7.99. The highest BCUT2D eigenvalue weighted by atomic mass is 127. The van der Waals surface area contributed by atoms with Crippen molar-refractivity contribution in [1.29, 1.82) is 0 Å². The van der Waals surface area contributed by atoms with E-state index in [4.69, 9.17) is 4.99 Å². The normalized spacial score (nSPS) is 28.4. The number of sulfone groups is 1. The number of nitrogens with zero attached hydrogens (tertiary/aromatic N) is 1. The van der Waals surface area contributed by atoms with Crippen molar-refractivity contribution in [3.8, 4) is 0 Å². The molecule has 1 aromatic carbocycles. The van der Waals surface area contributed by atoms with Gasteiger partial charge in [-0.3, -0.25) is 4.99 Å². The fraction of sp³-hybridized carbons (Fsp3) is 0.650. The lowest BCUT2D eigenvalue weighted by atomic mass is 10.1. The lowest BCUT2D eigenvalue weighted by Gasteiger charge is -2.22. The van der Waals surface area contributed by atoms with E-state index in [0.29, 0.717) is 18.3 Å². The zero-order valence-electron chi connectivity index (χ0n) is 16.2. The lowest BCUT2D eigenvalue weighted by molar-refractivity contribution is 0.550. The van der Waals surface area contributed by atoms with E-state index in [2.05, 4.69) is 36.6 Å². The molecule has 0 radical (unpaired) electrons. The van der Waals surface area contributed by atoms with Gasteiger partial charge in [0, 0.05) is 12.6 Å². The molecule has 152 valence electrons. The second-order valence-corrected chi connectivity index (χ2v) is 10.2. The van der Waals surface area contributed by atoms with Crippen molar-refractivity contribution in [3.05, 3.63) is 35.9 Å². The highest BCUT2D eigenvalue weighted by Crippen LogP contribution is 2.25. The summed E-state index contributed by atoms with van der Waals surface area (Å²) >= 11 is 0. The minimum absolute atomic E-state index is 0. The molecule has 1 aliphatic carbocycles. The van der Waals surface area contributed by atoms with Crippen molar-refractivity contribution in [2.24, 2.45) is 16.8 Å². The number of guanidine groups is 1. The Bertz CT molecular complexity index is 724. The van der Waals surface area contributed by atoms with Gasteiger partial charge in [0.25, 0.3) is 0 Å². The molecule has 0 bridgehead atoms. The van der Waals surface area contributed by atoms with Crippen molar-refractivity contribution in [2.75, 3.05) is 18.1 Å². The molecule has 4 unspecified atom stereocenters. The van der Waals surface area contributed by atoms with Gasteiger partial charge in [-0.2, -0.15) is 0 Å². The predicted molar refractivity (Wildman–Crippen MR) is 122 cm³/mol. The molecule has 2 aliphatic rings. The Balaban J connectivity index is 0.00000261. The Hall–Kier alpha value is -0.830. The molecule has 1 aliphatic heterocycles. The zero-order chi connectivity index (χ0) is 18.6. The van der Waals surface area contributed by atoms with Crippen LogP contribution in [0.5, 0.6) is 0 Å². The van der Waals surface area contributed by atoms with Crippen molar-refractivity contribution in [1.82, 2.24) is 10.6 Å². The monoisotopic (exact) mass is 505 g/mol. The minimum Gasteiger partial charge on any atom is -0.354 e. The summed E-state index contributed by atoms with van der Waals surface area (Å²) in [6.07, 6.45) is 4.31. The van der Waals surface area contributed by atoms with Gasteiger partial charge in [-0.15, -0.1) is 24.0 Å². The quantitative estimate of drug-likeness (QED) is 0.365. The maximum atomic E-state index is 11.7. The van der Waals surface area contributed by atoms with Crippen LogP contribution in [0.1, 0.15) is 51.1 Å². The van der Waals surface area contributed by atoms with Crippen LogP contribution < -0.4 is 10.6 Å². The summed E-state index contributed by atoms with van der Waals surface area (Å²) in [7, 11) is -2.85. The number of halogens is 1. The number of aliphatic imine (C=N–C) groups is 1. The number of rotatable bonds is 5. The molecule has 2 fully saturated rings. The van der Waals surface area contributed by atoms with Gasteiger partial charge in [0.15, 0.2) is 15.8 Å². The summed E-state index contributed by atoms with van der Waals surface area (Å²) in [6, 6.07) is 10.9. The van der Waals surface area contributed by atoms with Gasteiger partial charge in [0.05, 0.1) is 17.5 Å². The van der Waals surface area contributed by atoms with Gasteiger partial charge in [-0.25, -0.2) is 8.42 Å². The third kappa shape index (κ3) is 6.93. The van der Waals surface area contributed by atoms with Gasteiger partial charge in [0.1, 0.15) is 0 Å². The molecule has 5 nitrogen and oxygen atoms in total. The number of nitrogens with one attached hydrogen (secondary N) is 2. The van der Waals surface area contributed by atoms with Crippen LogP contribution in [0, 0.1) is 11.8 Å². The summed E-state index contributed by atoms with van der Waals surface area (Å²) in [5.74, 6) is 2.29. The standard InChI is InChI=1S/C20H31N3O2S.HI/c1-15-8-9-19(12-15)23-20(21-13-17-10-11-26(24,25)14-17)22-16(2)18-6-4-3-5-7-18;/h3-7,15-17,19H,8-14H2,1-2H3,(H2,21,22,23);1H. The van der Waals surface area contributed by atoms with Crippen LogP contribution in [0.3, 0.4) is 0 Å². The van der Waals surface area contributed by atoms with Crippen molar-refractivity contribution in [3.63, 3.8) is 0 Å². The van der Waals surface area contributed by atoms with Crippen LogP contribution in [-0.2, 0) is 9.84 Å². The first-order valence-corrected chi connectivity index (χ1v) is 11.6. The Morgan fingerprint density at radius 2 is 1.96 bits per heavy atom. The molecule has 27 heavy (non-hydrogen) atoms. The zero-order valence-corrected chi connectivity index (χ0v) is 19.4. The van der Waals surface area contributed by atoms with E-state index >= 15 is 0 Å². The molecule has 1 heterocycles. The van der Waals surface area contributed by atoms with E-state index in [1.165, 1.54) is 18.4 Å².